The van der Waals surface area contributed by atoms with Crippen LogP contribution in [0.3, 0.4) is 0 Å². The average molecular weight is 524 g/mol. The summed E-state index contributed by atoms with van der Waals surface area (Å²) >= 11 is 0. The molecule has 12 heteroatoms. The van der Waals surface area contributed by atoms with Gasteiger partial charge in [-0.05, 0) is 67.6 Å². The van der Waals surface area contributed by atoms with Crippen LogP contribution in [-0.4, -0.2) is 67.2 Å². The van der Waals surface area contributed by atoms with Gasteiger partial charge in [-0.15, -0.1) is 4.40 Å². The number of carboxylic acids is 1. The van der Waals surface area contributed by atoms with E-state index in [1.54, 1.807) is 17.0 Å². The normalized spacial score (nSPS) is 22.8. The van der Waals surface area contributed by atoms with Gasteiger partial charge in [0.15, 0.2) is 5.96 Å². The van der Waals surface area contributed by atoms with Crippen LogP contribution >= 0.6 is 0 Å². The van der Waals surface area contributed by atoms with Gasteiger partial charge in [0.2, 0.25) is 6.41 Å². The number of carboxylic acid groups (broad SMARTS) is 1. The lowest BCUT2D eigenvalue weighted by molar-refractivity contribution is -0.143. The second kappa shape index (κ2) is 12.8. The fourth-order valence-corrected chi connectivity index (χ4v) is 6.11. The van der Waals surface area contributed by atoms with E-state index in [2.05, 4.69) is 21.6 Å². The quantitative estimate of drug-likeness (QED) is 0.197. The second-order valence-electron chi connectivity index (χ2n) is 9.54. The van der Waals surface area contributed by atoms with E-state index in [9.17, 15) is 23.1 Å². The number of likely N-dealkylation sites (tertiary alicyclic amines) is 1. The molecule has 2 aliphatic rings. The molecule has 1 heterocycles. The predicted molar refractivity (Wildman–Crippen MR) is 137 cm³/mol. The van der Waals surface area contributed by atoms with Crippen LogP contribution in [0.2, 0.25) is 0 Å². The van der Waals surface area contributed by atoms with Crippen molar-refractivity contribution in [2.45, 2.75) is 69.7 Å². The lowest BCUT2D eigenvalue weighted by Crippen LogP contribution is -2.52. The maximum atomic E-state index is 13.1. The van der Waals surface area contributed by atoms with Crippen molar-refractivity contribution >= 4 is 34.2 Å². The largest absolute Gasteiger partial charge is 0.480 e. The van der Waals surface area contributed by atoms with E-state index in [1.807, 2.05) is 13.0 Å². The summed E-state index contributed by atoms with van der Waals surface area (Å²) in [5.41, 5.74) is 7.90. The Morgan fingerprint density at radius 1 is 1.28 bits per heavy atom. The van der Waals surface area contributed by atoms with E-state index in [1.165, 1.54) is 0 Å². The summed E-state index contributed by atoms with van der Waals surface area (Å²) in [7, 11) is -4.00. The first-order valence-corrected chi connectivity index (χ1v) is 13.5. The molecule has 0 bridgehead atoms. The third-order valence-corrected chi connectivity index (χ3v) is 8.11. The monoisotopic (exact) mass is 523 g/mol. The van der Waals surface area contributed by atoms with Gasteiger partial charge in [0, 0.05) is 19.5 Å². The number of amides is 1. The van der Waals surface area contributed by atoms with Crippen molar-refractivity contribution in [3.05, 3.63) is 29.3 Å². The Kier molecular flexibility index (Phi) is 10.4. The predicted octanol–water partition coefficient (Wildman–Crippen LogP) is 1.10. The molecule has 1 aliphatic carbocycles. The van der Waals surface area contributed by atoms with Crippen molar-refractivity contribution in [2.75, 3.05) is 13.1 Å². The molecule has 0 radical (unpaired) electrons. The van der Waals surface area contributed by atoms with Gasteiger partial charge in [0.25, 0.3) is 10.0 Å². The van der Waals surface area contributed by atoms with Gasteiger partial charge in [-0.1, -0.05) is 26.0 Å². The Labute approximate surface area is 212 Å². The number of piperidine rings is 1. The Morgan fingerprint density at radius 2 is 2.03 bits per heavy atom. The molecule has 0 saturated carbocycles. The number of carbonyl (C=O) groups is 2. The molecule has 1 aromatic carbocycles. The summed E-state index contributed by atoms with van der Waals surface area (Å²) in [6.07, 6.45) is 4.72. The molecule has 36 heavy (non-hydrogen) atoms. The zero-order valence-electron chi connectivity index (χ0n) is 20.8. The number of nitrogens with zero attached hydrogens (tertiary/aromatic N) is 3. The SMILES string of the molecule is CC1CCc2c(cccc2S(=O)(=O)N=C(CCCN=C(N)N2CCC(C)CC2C(=O)O)NC=O)C1.O. The van der Waals surface area contributed by atoms with Crippen molar-refractivity contribution in [3.63, 3.8) is 0 Å². The Hall–Kier alpha value is -2.99. The molecule has 200 valence electrons. The van der Waals surface area contributed by atoms with E-state index < -0.39 is 22.0 Å². The second-order valence-corrected chi connectivity index (χ2v) is 11.1. The third kappa shape index (κ3) is 7.26. The van der Waals surface area contributed by atoms with Gasteiger partial charge < -0.3 is 26.5 Å². The molecular weight excluding hydrogens is 486 g/mol. The summed E-state index contributed by atoms with van der Waals surface area (Å²) in [5.74, 6) is 0.0639. The zero-order valence-corrected chi connectivity index (χ0v) is 21.6. The van der Waals surface area contributed by atoms with Crippen LogP contribution in [0.5, 0.6) is 0 Å². The number of carbonyl (C=O) groups excluding carboxylic acids is 1. The van der Waals surface area contributed by atoms with Crippen LogP contribution in [0.4, 0.5) is 0 Å². The van der Waals surface area contributed by atoms with Crippen molar-refractivity contribution < 1.29 is 28.6 Å². The first-order chi connectivity index (χ1) is 16.6. The van der Waals surface area contributed by atoms with E-state index in [-0.39, 0.29) is 35.1 Å². The molecule has 0 spiro atoms. The van der Waals surface area contributed by atoms with Gasteiger partial charge in [-0.3, -0.25) is 9.79 Å². The highest BCUT2D eigenvalue weighted by atomic mass is 32.2. The summed E-state index contributed by atoms with van der Waals surface area (Å²) in [6.45, 7) is 4.92. The highest BCUT2D eigenvalue weighted by molar-refractivity contribution is 7.90. The molecule has 1 amide bonds. The lowest BCUT2D eigenvalue weighted by atomic mass is 9.85. The van der Waals surface area contributed by atoms with E-state index in [4.69, 9.17) is 5.73 Å². The molecule has 3 rings (SSSR count). The number of hydrogen-bond donors (Lipinski definition) is 3. The molecule has 3 unspecified atom stereocenters. The van der Waals surface area contributed by atoms with Crippen molar-refractivity contribution in [2.24, 2.45) is 27.0 Å². The van der Waals surface area contributed by atoms with Gasteiger partial charge in [-0.25, -0.2) is 4.79 Å². The number of guanidine groups is 1. The van der Waals surface area contributed by atoms with E-state index >= 15 is 0 Å². The Bertz CT molecular complexity index is 1100. The zero-order chi connectivity index (χ0) is 25.6. The van der Waals surface area contributed by atoms with Gasteiger partial charge in [0.05, 0.1) is 4.90 Å². The molecule has 3 atom stereocenters. The van der Waals surface area contributed by atoms with Crippen LogP contribution < -0.4 is 11.1 Å². The Morgan fingerprint density at radius 3 is 2.72 bits per heavy atom. The molecule has 1 saturated heterocycles. The maximum Gasteiger partial charge on any atom is 0.326 e. The number of hydrogen-bond acceptors (Lipinski definition) is 5. The van der Waals surface area contributed by atoms with Crippen LogP contribution in [0.1, 0.15) is 57.1 Å². The highest BCUT2D eigenvalue weighted by Gasteiger charge is 2.32. The summed E-state index contributed by atoms with van der Waals surface area (Å²) < 4.78 is 30.1. The van der Waals surface area contributed by atoms with Crippen LogP contribution in [-0.2, 0) is 32.5 Å². The lowest BCUT2D eigenvalue weighted by Gasteiger charge is -2.36. The molecule has 6 N–H and O–H groups in total. The number of aliphatic imine (C=N–C) groups is 1. The number of amidine groups is 1. The minimum atomic E-state index is -4.00. The first kappa shape index (κ1) is 29.2. The number of nitrogens with one attached hydrogen (secondary N) is 1. The maximum absolute atomic E-state index is 13.1. The number of aliphatic carboxylic acids is 1. The molecule has 11 nitrogen and oxygen atoms in total. The molecule has 1 aromatic rings. The third-order valence-electron chi connectivity index (χ3n) is 6.71. The van der Waals surface area contributed by atoms with Gasteiger partial charge >= 0.3 is 5.97 Å². The number of rotatable bonds is 8. The van der Waals surface area contributed by atoms with Gasteiger partial charge in [0.1, 0.15) is 11.9 Å². The van der Waals surface area contributed by atoms with E-state index in [0.29, 0.717) is 44.1 Å². The minimum Gasteiger partial charge on any atom is -0.480 e. The molecule has 1 fully saturated rings. The van der Waals surface area contributed by atoms with Crippen LogP contribution in [0.15, 0.2) is 32.5 Å². The standard InChI is InChI=1S/C24H35N5O5S.H2O/c1-16-8-9-19-18(13-16)5-3-6-21(19)35(33,34)28-22(27-15-30)7-4-11-26-24(25)29-12-10-17(2)14-20(29)23(31)32;/h3,5-6,15-17,20H,4,7-14H2,1-2H3,(H2,25,26)(H,31,32)(H,27,28,30);1H2. The molecule has 1 aliphatic heterocycles. The fraction of sp³-hybridized carbons (Fsp3) is 0.583. The number of fused-ring (bicyclic) bond motifs is 1. The number of benzene rings is 1. The number of sulfonamides is 1. The van der Waals surface area contributed by atoms with Gasteiger partial charge in [-0.2, -0.15) is 8.42 Å². The minimum absolute atomic E-state index is 0. The molecule has 0 aromatic heterocycles. The first-order valence-electron chi connectivity index (χ1n) is 12.1. The van der Waals surface area contributed by atoms with Crippen molar-refractivity contribution in [1.29, 1.82) is 0 Å². The topological polar surface area (TPSA) is 186 Å². The fourth-order valence-electron chi connectivity index (χ4n) is 4.78. The summed E-state index contributed by atoms with van der Waals surface area (Å²) in [5, 5.41) is 11.9. The highest BCUT2D eigenvalue weighted by Crippen LogP contribution is 2.31. The average Bonchev–Trinajstić information content (AvgIpc) is 2.80. The number of nitrogens with two attached hydrogens (primary N) is 1. The smallest absolute Gasteiger partial charge is 0.326 e. The van der Waals surface area contributed by atoms with Crippen molar-refractivity contribution in [1.82, 2.24) is 10.2 Å². The van der Waals surface area contributed by atoms with Crippen molar-refractivity contribution in [3.8, 4) is 0 Å². The molecular formula is C24H37N5O6S. The van der Waals surface area contributed by atoms with E-state index in [0.717, 1.165) is 30.4 Å². The van der Waals surface area contributed by atoms with Crippen LogP contribution in [0.25, 0.3) is 0 Å². The van der Waals surface area contributed by atoms with Crippen LogP contribution in [0, 0.1) is 11.8 Å². The summed E-state index contributed by atoms with van der Waals surface area (Å²) in [4.78, 5) is 28.8. The summed E-state index contributed by atoms with van der Waals surface area (Å²) in [6, 6.07) is 4.55. The Balaban J connectivity index is 0.00000456.